The number of aliphatic hydroxyl groups is 3. The van der Waals surface area contributed by atoms with Gasteiger partial charge in [0.25, 0.3) is 5.91 Å². The number of carbonyl (C=O) groups is 8. The molecule has 7 amide bonds. The lowest BCUT2D eigenvalue weighted by Gasteiger charge is -2.36. The van der Waals surface area contributed by atoms with Gasteiger partial charge in [-0.2, -0.15) is 0 Å². The third-order valence-corrected chi connectivity index (χ3v) is 9.64. The fourth-order valence-corrected chi connectivity index (χ4v) is 6.22. The smallest absolute Gasteiger partial charge is 0.404 e. The van der Waals surface area contributed by atoms with Crippen LogP contribution in [0.3, 0.4) is 0 Å². The largest absolute Gasteiger partial charge is 0.460 e. The van der Waals surface area contributed by atoms with Crippen LogP contribution >= 0.6 is 0 Å². The van der Waals surface area contributed by atoms with Crippen molar-refractivity contribution in [3.63, 3.8) is 0 Å². The maximum atomic E-state index is 13.9. The molecule has 0 aliphatic carbocycles. The fraction of sp³-hybridized carbons (Fsp3) is 0.676. The average Bonchev–Trinajstić information content (AvgIpc) is 3.13. The van der Waals surface area contributed by atoms with Crippen LogP contribution in [0.25, 0.3) is 0 Å². The SMILES string of the molecule is CCC[C@@H](C)[C@@H]1OC(=O)[C@H](C(C)C)N(C)C(=O)[C@H](CO)NC(=O)[C@H]([C@H](C)C(N)=O)NC(=O)[C@@H]([C@H](C)OC(N)=O)NC(=O)[C@H](O)CNC(=O)/C=C/C=C/C[C@H](O)[C@H]1C. The van der Waals surface area contributed by atoms with Gasteiger partial charge in [-0.25, -0.2) is 9.59 Å². The molecule has 11 N–H and O–H groups in total. The Bertz CT molecular complexity index is 1490. The lowest BCUT2D eigenvalue weighted by molar-refractivity contribution is -0.169. The van der Waals surface area contributed by atoms with Gasteiger partial charge < -0.3 is 62.4 Å². The number of carbonyl (C=O) groups excluding carboxylic acids is 8. The number of nitrogens with one attached hydrogen (secondary N) is 4. The van der Waals surface area contributed by atoms with Gasteiger partial charge >= 0.3 is 12.1 Å². The normalized spacial score (nSPS) is 29.7. The van der Waals surface area contributed by atoms with Crippen molar-refractivity contribution in [1.29, 1.82) is 0 Å². The first-order chi connectivity index (χ1) is 26.6. The Balaban J connectivity index is 3.78. The van der Waals surface area contributed by atoms with Crippen LogP contribution in [-0.4, -0.2) is 137 Å². The molecule has 0 aromatic carbocycles. The van der Waals surface area contributed by atoms with E-state index >= 15 is 0 Å². The third kappa shape index (κ3) is 15.4. The monoisotopic (exact) mass is 811 g/mol. The Labute approximate surface area is 332 Å². The fourth-order valence-electron chi connectivity index (χ4n) is 6.22. The van der Waals surface area contributed by atoms with Crippen molar-refractivity contribution in [2.75, 3.05) is 20.2 Å². The van der Waals surface area contributed by atoms with E-state index in [-0.39, 0.29) is 12.3 Å². The summed E-state index contributed by atoms with van der Waals surface area (Å²) in [5.74, 6) is -10.1. The number of likely N-dealkylation sites (N-methyl/N-ethyl adjacent to an activating group) is 1. The molecule has 322 valence electrons. The van der Waals surface area contributed by atoms with Crippen LogP contribution in [0.15, 0.2) is 24.3 Å². The van der Waals surface area contributed by atoms with Crippen LogP contribution in [0, 0.1) is 23.7 Å². The van der Waals surface area contributed by atoms with E-state index in [4.69, 9.17) is 20.9 Å². The van der Waals surface area contributed by atoms with Gasteiger partial charge in [0.2, 0.25) is 29.5 Å². The van der Waals surface area contributed by atoms with E-state index in [9.17, 15) is 53.7 Å². The van der Waals surface area contributed by atoms with Gasteiger partial charge in [0.05, 0.1) is 25.2 Å². The van der Waals surface area contributed by atoms with E-state index in [1.807, 2.05) is 13.8 Å². The summed E-state index contributed by atoms with van der Waals surface area (Å²) in [6, 6.07) is -6.71. The van der Waals surface area contributed by atoms with E-state index in [1.54, 1.807) is 26.8 Å². The van der Waals surface area contributed by atoms with Crippen LogP contribution < -0.4 is 32.7 Å². The Morgan fingerprint density at radius 3 is 2.09 bits per heavy atom. The van der Waals surface area contributed by atoms with Crippen molar-refractivity contribution in [3.05, 3.63) is 24.3 Å². The number of aliphatic hydroxyl groups excluding tert-OH is 3. The zero-order chi connectivity index (χ0) is 43.7. The molecule has 0 unspecified atom stereocenters. The Hall–Kier alpha value is -5.08. The summed E-state index contributed by atoms with van der Waals surface area (Å²) >= 11 is 0. The second-order valence-electron chi connectivity index (χ2n) is 14.6. The molecule has 0 bridgehead atoms. The average molecular weight is 812 g/mol. The van der Waals surface area contributed by atoms with Crippen LogP contribution in [0.2, 0.25) is 0 Å². The maximum Gasteiger partial charge on any atom is 0.404 e. The number of rotatable bonds is 9. The van der Waals surface area contributed by atoms with Crippen molar-refractivity contribution in [2.45, 2.75) is 116 Å². The molecule has 11 atom stereocenters. The van der Waals surface area contributed by atoms with Gasteiger partial charge in [-0.05, 0) is 31.6 Å². The van der Waals surface area contributed by atoms with Crippen LogP contribution in [-0.2, 0) is 43.0 Å². The Kier molecular flexibility index (Phi) is 20.9. The number of nitrogens with zero attached hydrogens (tertiary/aromatic N) is 1. The lowest BCUT2D eigenvalue weighted by Crippen LogP contribution is -2.63. The summed E-state index contributed by atoms with van der Waals surface area (Å²) in [4.78, 5) is 105. The van der Waals surface area contributed by atoms with E-state index in [0.29, 0.717) is 6.42 Å². The molecule has 57 heavy (non-hydrogen) atoms. The summed E-state index contributed by atoms with van der Waals surface area (Å²) in [6.07, 6.45) is 0.332. The molecule has 0 fully saturated rings. The minimum Gasteiger partial charge on any atom is -0.460 e. The molecule has 20 heteroatoms. The Morgan fingerprint density at radius 2 is 1.54 bits per heavy atom. The number of β-amino-alcohol motifs (C(OH)–C–C–N with tert-alkyl or cyclic N) is 1. The zero-order valence-corrected chi connectivity index (χ0v) is 33.8. The number of hydrogen-bond donors (Lipinski definition) is 9. The summed E-state index contributed by atoms with van der Waals surface area (Å²) in [5.41, 5.74) is 10.6. The van der Waals surface area contributed by atoms with Crippen molar-refractivity contribution in [2.24, 2.45) is 35.1 Å². The van der Waals surface area contributed by atoms with Crippen molar-refractivity contribution < 1.29 is 63.1 Å². The minimum atomic E-state index is -1.95. The first-order valence-electron chi connectivity index (χ1n) is 18.8. The van der Waals surface area contributed by atoms with E-state index in [1.165, 1.54) is 26.1 Å². The van der Waals surface area contributed by atoms with E-state index < -0.39 is 127 Å². The molecule has 0 aromatic heterocycles. The maximum absolute atomic E-state index is 13.9. The quantitative estimate of drug-likeness (QED) is 0.112. The molecule has 1 heterocycles. The molecule has 0 radical (unpaired) electrons. The van der Waals surface area contributed by atoms with Crippen LogP contribution in [0.1, 0.15) is 67.7 Å². The molecule has 20 nitrogen and oxygen atoms in total. The van der Waals surface area contributed by atoms with Crippen molar-refractivity contribution >= 4 is 47.5 Å². The number of ether oxygens (including phenoxy) is 2. The van der Waals surface area contributed by atoms with Gasteiger partial charge in [-0.3, -0.25) is 28.8 Å². The number of hydrogen-bond acceptors (Lipinski definition) is 13. The number of esters is 1. The summed E-state index contributed by atoms with van der Waals surface area (Å²) in [5, 5.41) is 40.8. The molecular formula is C37H61N7O13. The van der Waals surface area contributed by atoms with Gasteiger partial charge in [-0.15, -0.1) is 0 Å². The second-order valence-corrected chi connectivity index (χ2v) is 14.6. The second kappa shape index (κ2) is 23.9. The number of cyclic esters (lactones) is 1. The van der Waals surface area contributed by atoms with Crippen molar-refractivity contribution in [1.82, 2.24) is 26.2 Å². The minimum absolute atomic E-state index is 0.102. The van der Waals surface area contributed by atoms with E-state index in [2.05, 4.69) is 21.3 Å². The van der Waals surface area contributed by atoms with Crippen molar-refractivity contribution in [3.8, 4) is 0 Å². The standard InChI is InChI=1S/C37H61N7O13/c1-9-13-19(4)30-20(5)24(46)14-11-10-12-15-26(48)40-16-25(47)32(50)43-28(22(7)56-37(39)55)34(52)42-27(21(6)31(38)49)33(51)41-23(17-45)35(53)44(8)29(18(2)3)36(54)57-30/h10-12,15,18-25,27-30,45-47H,9,13-14,16-17H2,1-8H3,(H2,38,49)(H2,39,55)(H,40,48)(H,41,51)(H,42,52)(H,43,50)/b11-10+,15-12+/t19-,20-,21+,22+,23+,24+,25-,27+,28-,29+,30+/m1/s1. The Morgan fingerprint density at radius 1 is 0.947 bits per heavy atom. The highest BCUT2D eigenvalue weighted by atomic mass is 16.6. The van der Waals surface area contributed by atoms with Gasteiger partial charge in [0.1, 0.15) is 42.5 Å². The molecular weight excluding hydrogens is 750 g/mol. The predicted molar refractivity (Wildman–Crippen MR) is 204 cm³/mol. The summed E-state index contributed by atoms with van der Waals surface area (Å²) in [6.45, 7) is 9.51. The first kappa shape index (κ1) is 49.9. The topological polar surface area (TPSA) is 319 Å². The third-order valence-electron chi connectivity index (χ3n) is 9.64. The molecule has 0 spiro atoms. The molecule has 0 aromatic rings. The highest BCUT2D eigenvalue weighted by Crippen LogP contribution is 2.27. The zero-order valence-electron chi connectivity index (χ0n) is 33.8. The molecule has 1 aliphatic heterocycles. The van der Waals surface area contributed by atoms with Gasteiger partial charge in [-0.1, -0.05) is 66.2 Å². The molecule has 0 saturated carbocycles. The first-order valence-corrected chi connectivity index (χ1v) is 18.8. The number of allylic oxidation sites excluding steroid dienone is 2. The summed E-state index contributed by atoms with van der Waals surface area (Å²) in [7, 11) is 1.27. The molecule has 0 saturated heterocycles. The van der Waals surface area contributed by atoms with Crippen LogP contribution in [0.5, 0.6) is 0 Å². The molecule has 1 rings (SSSR count). The van der Waals surface area contributed by atoms with Crippen LogP contribution in [0.4, 0.5) is 4.79 Å². The highest BCUT2D eigenvalue weighted by molar-refractivity contribution is 5.98. The number of primary amides is 2. The summed E-state index contributed by atoms with van der Waals surface area (Å²) < 4.78 is 10.9. The predicted octanol–water partition coefficient (Wildman–Crippen LogP) is -2.14. The number of nitrogens with two attached hydrogens (primary N) is 2. The number of amides is 7. The van der Waals surface area contributed by atoms with E-state index in [0.717, 1.165) is 24.3 Å². The van der Waals surface area contributed by atoms with Gasteiger partial charge in [0, 0.05) is 19.0 Å². The lowest BCUT2D eigenvalue weighted by atomic mass is 9.85. The highest BCUT2D eigenvalue weighted by Gasteiger charge is 2.41. The molecule has 1 aliphatic rings. The van der Waals surface area contributed by atoms with Gasteiger partial charge in [0.15, 0.2) is 0 Å².